The number of nitrogens with zero attached hydrogens (tertiary/aromatic N) is 3. The van der Waals surface area contributed by atoms with Gasteiger partial charge in [-0.25, -0.2) is 9.97 Å². The first-order chi connectivity index (χ1) is 14.7. The number of pyridine rings is 1. The van der Waals surface area contributed by atoms with Crippen LogP contribution in [0, 0.1) is 0 Å². The molecular formula is C23H18N4O2S. The first-order valence-corrected chi connectivity index (χ1v) is 10.2. The molecule has 1 amide bonds. The third-order valence-corrected chi connectivity index (χ3v) is 5.34. The van der Waals surface area contributed by atoms with E-state index in [1.54, 1.807) is 66.8 Å². The summed E-state index contributed by atoms with van der Waals surface area (Å²) in [5.74, 6) is 1.21. The van der Waals surface area contributed by atoms with Crippen LogP contribution < -0.4 is 5.32 Å². The Morgan fingerprint density at radius 3 is 2.47 bits per heavy atom. The Morgan fingerprint density at radius 2 is 1.77 bits per heavy atom. The molecular weight excluding hydrogens is 396 g/mol. The minimum absolute atomic E-state index is 0.149. The second-order valence-corrected chi connectivity index (χ2v) is 7.52. The SMILES string of the molecule is O=C(Nc1cnc(-c2cccc(O)c2)nc1)c1ccc(SCc2cccnc2)cc1. The number of hydrogen-bond acceptors (Lipinski definition) is 6. The van der Waals surface area contributed by atoms with Crippen LogP contribution in [0.1, 0.15) is 15.9 Å². The lowest BCUT2D eigenvalue weighted by Gasteiger charge is -2.07. The summed E-state index contributed by atoms with van der Waals surface area (Å²) >= 11 is 1.69. The Labute approximate surface area is 178 Å². The third kappa shape index (κ3) is 5.01. The van der Waals surface area contributed by atoms with Crippen LogP contribution in [-0.2, 0) is 5.75 Å². The topological polar surface area (TPSA) is 88.0 Å². The fourth-order valence-corrected chi connectivity index (χ4v) is 3.58. The van der Waals surface area contributed by atoms with E-state index in [0.717, 1.165) is 16.2 Å². The van der Waals surface area contributed by atoms with Crippen LogP contribution in [0.4, 0.5) is 5.69 Å². The highest BCUT2D eigenvalue weighted by Gasteiger charge is 2.08. The first-order valence-electron chi connectivity index (χ1n) is 9.22. The number of aromatic nitrogens is 3. The summed E-state index contributed by atoms with van der Waals surface area (Å²) in [5.41, 5.74) is 2.91. The third-order valence-electron chi connectivity index (χ3n) is 4.26. The van der Waals surface area contributed by atoms with E-state index >= 15 is 0 Å². The Kier molecular flexibility index (Phi) is 6.01. The molecule has 0 saturated carbocycles. The van der Waals surface area contributed by atoms with Gasteiger partial charge in [0.05, 0.1) is 18.1 Å². The van der Waals surface area contributed by atoms with Gasteiger partial charge in [-0.05, 0) is 48.0 Å². The lowest BCUT2D eigenvalue weighted by atomic mass is 10.2. The van der Waals surface area contributed by atoms with E-state index in [1.165, 1.54) is 0 Å². The number of nitrogens with one attached hydrogen (secondary N) is 1. The molecule has 0 radical (unpaired) electrons. The Morgan fingerprint density at radius 1 is 0.967 bits per heavy atom. The fraction of sp³-hybridized carbons (Fsp3) is 0.0435. The van der Waals surface area contributed by atoms with Crippen LogP contribution >= 0.6 is 11.8 Å². The van der Waals surface area contributed by atoms with Gasteiger partial charge in [0.2, 0.25) is 0 Å². The first kappa shape index (κ1) is 19.6. The second kappa shape index (κ2) is 9.19. The number of phenols is 1. The highest BCUT2D eigenvalue weighted by atomic mass is 32.2. The van der Waals surface area contributed by atoms with E-state index in [0.29, 0.717) is 22.6 Å². The van der Waals surface area contributed by atoms with E-state index in [1.807, 2.05) is 30.5 Å². The van der Waals surface area contributed by atoms with Crippen LogP contribution in [-0.4, -0.2) is 26.0 Å². The number of amides is 1. The average molecular weight is 414 g/mol. The number of anilines is 1. The number of rotatable bonds is 6. The maximum absolute atomic E-state index is 12.5. The molecule has 2 aromatic carbocycles. The molecule has 0 saturated heterocycles. The predicted molar refractivity (Wildman–Crippen MR) is 117 cm³/mol. The largest absolute Gasteiger partial charge is 0.508 e. The average Bonchev–Trinajstić information content (AvgIpc) is 2.79. The van der Waals surface area contributed by atoms with E-state index in [-0.39, 0.29) is 11.7 Å². The van der Waals surface area contributed by atoms with Crippen molar-refractivity contribution in [3.63, 3.8) is 0 Å². The Balaban J connectivity index is 1.36. The quantitative estimate of drug-likeness (QED) is 0.441. The molecule has 0 aliphatic carbocycles. The number of carbonyl (C=O) groups excluding carboxylic acids is 1. The lowest BCUT2D eigenvalue weighted by Crippen LogP contribution is -2.12. The van der Waals surface area contributed by atoms with E-state index in [9.17, 15) is 9.90 Å². The van der Waals surface area contributed by atoms with Crippen molar-refractivity contribution in [1.29, 1.82) is 0 Å². The van der Waals surface area contributed by atoms with E-state index < -0.39 is 0 Å². The van der Waals surface area contributed by atoms with Gasteiger partial charge in [0.15, 0.2) is 5.82 Å². The zero-order valence-corrected chi connectivity index (χ0v) is 16.7. The van der Waals surface area contributed by atoms with Gasteiger partial charge < -0.3 is 10.4 Å². The zero-order chi connectivity index (χ0) is 20.8. The van der Waals surface area contributed by atoms with Crippen LogP contribution in [0.25, 0.3) is 11.4 Å². The van der Waals surface area contributed by atoms with Crippen molar-refractivity contribution in [2.75, 3.05) is 5.32 Å². The maximum atomic E-state index is 12.5. The predicted octanol–water partition coefficient (Wildman–Crippen LogP) is 4.79. The summed E-state index contributed by atoms with van der Waals surface area (Å²) in [4.78, 5) is 26.2. The molecule has 0 spiro atoms. The van der Waals surface area contributed by atoms with Crippen molar-refractivity contribution >= 4 is 23.4 Å². The minimum atomic E-state index is -0.229. The summed E-state index contributed by atoms with van der Waals surface area (Å²) < 4.78 is 0. The van der Waals surface area contributed by atoms with Crippen molar-refractivity contribution in [3.05, 3.63) is 96.6 Å². The summed E-state index contributed by atoms with van der Waals surface area (Å²) in [5, 5.41) is 12.4. The molecule has 148 valence electrons. The van der Waals surface area contributed by atoms with E-state index in [2.05, 4.69) is 20.3 Å². The zero-order valence-electron chi connectivity index (χ0n) is 15.9. The van der Waals surface area contributed by atoms with E-state index in [4.69, 9.17) is 0 Å². The van der Waals surface area contributed by atoms with Crippen molar-refractivity contribution in [3.8, 4) is 17.1 Å². The number of aromatic hydroxyl groups is 1. The molecule has 0 atom stereocenters. The maximum Gasteiger partial charge on any atom is 0.255 e. The van der Waals surface area contributed by atoms with Crippen LogP contribution in [0.3, 0.4) is 0 Å². The van der Waals surface area contributed by atoms with Gasteiger partial charge in [-0.1, -0.05) is 18.2 Å². The smallest absolute Gasteiger partial charge is 0.255 e. The van der Waals surface area contributed by atoms with Crippen molar-refractivity contribution in [2.24, 2.45) is 0 Å². The number of carbonyl (C=O) groups is 1. The standard InChI is InChI=1S/C23H18N4O2S/c28-20-5-1-4-18(11-20)22-25-13-19(14-26-22)27-23(29)17-6-8-21(9-7-17)30-15-16-3-2-10-24-12-16/h1-14,28H,15H2,(H,27,29). The number of phenolic OH excluding ortho intramolecular Hbond substituents is 1. The normalized spacial score (nSPS) is 10.5. The van der Waals surface area contributed by atoms with Gasteiger partial charge in [-0.2, -0.15) is 0 Å². The molecule has 0 unspecified atom stereocenters. The molecule has 2 aromatic heterocycles. The second-order valence-electron chi connectivity index (χ2n) is 6.47. The fourth-order valence-electron chi connectivity index (χ4n) is 2.74. The minimum Gasteiger partial charge on any atom is -0.508 e. The van der Waals surface area contributed by atoms with Crippen LogP contribution in [0.5, 0.6) is 5.75 Å². The molecule has 2 N–H and O–H groups in total. The molecule has 2 heterocycles. The van der Waals surface area contributed by atoms with Gasteiger partial charge >= 0.3 is 0 Å². The van der Waals surface area contributed by atoms with Gasteiger partial charge in [0, 0.05) is 34.2 Å². The van der Waals surface area contributed by atoms with Crippen LogP contribution in [0.15, 0.2) is 90.3 Å². The summed E-state index contributed by atoms with van der Waals surface area (Å²) in [6, 6.07) is 18.1. The molecule has 0 aliphatic rings. The highest BCUT2D eigenvalue weighted by molar-refractivity contribution is 7.98. The Hall–Kier alpha value is -3.71. The van der Waals surface area contributed by atoms with Gasteiger partial charge in [-0.3, -0.25) is 9.78 Å². The molecule has 6 nitrogen and oxygen atoms in total. The van der Waals surface area contributed by atoms with Gasteiger partial charge in [0.1, 0.15) is 5.75 Å². The lowest BCUT2D eigenvalue weighted by molar-refractivity contribution is 0.102. The molecule has 30 heavy (non-hydrogen) atoms. The number of thioether (sulfide) groups is 1. The summed E-state index contributed by atoms with van der Waals surface area (Å²) in [6.07, 6.45) is 6.69. The summed E-state index contributed by atoms with van der Waals surface area (Å²) in [7, 11) is 0. The monoisotopic (exact) mass is 414 g/mol. The summed E-state index contributed by atoms with van der Waals surface area (Å²) in [6.45, 7) is 0. The van der Waals surface area contributed by atoms with Crippen molar-refractivity contribution < 1.29 is 9.90 Å². The molecule has 4 rings (SSSR count). The van der Waals surface area contributed by atoms with Gasteiger partial charge in [0.25, 0.3) is 5.91 Å². The number of benzene rings is 2. The Bertz CT molecular complexity index is 1130. The highest BCUT2D eigenvalue weighted by Crippen LogP contribution is 2.23. The van der Waals surface area contributed by atoms with Crippen molar-refractivity contribution in [2.45, 2.75) is 10.6 Å². The number of hydrogen-bond donors (Lipinski definition) is 2. The van der Waals surface area contributed by atoms with Gasteiger partial charge in [-0.15, -0.1) is 11.8 Å². The molecule has 0 fully saturated rings. The molecule has 0 bridgehead atoms. The van der Waals surface area contributed by atoms with Crippen LogP contribution in [0.2, 0.25) is 0 Å². The molecule has 0 aliphatic heterocycles. The molecule has 4 aromatic rings. The van der Waals surface area contributed by atoms with Crippen molar-refractivity contribution in [1.82, 2.24) is 15.0 Å². The molecule has 7 heteroatoms.